The van der Waals surface area contributed by atoms with E-state index >= 15 is 0 Å². The van der Waals surface area contributed by atoms with E-state index in [0.29, 0.717) is 5.75 Å². The topological polar surface area (TPSA) is 55.5 Å². The standard InChI is InChI=1S/C8H11NO2/c1-6(9)11-8-5-3-2-4-7(8)10/h2-6,10H,9H2,1H3/t6-/m0/s1. The highest BCUT2D eigenvalue weighted by atomic mass is 16.5. The van der Waals surface area contributed by atoms with Crippen molar-refractivity contribution >= 4 is 0 Å². The van der Waals surface area contributed by atoms with Crippen LogP contribution in [0.5, 0.6) is 11.5 Å². The first-order valence-corrected chi connectivity index (χ1v) is 3.40. The minimum Gasteiger partial charge on any atom is -0.504 e. The van der Waals surface area contributed by atoms with Crippen molar-refractivity contribution in [1.29, 1.82) is 0 Å². The summed E-state index contributed by atoms with van der Waals surface area (Å²) in [5.74, 6) is 0.535. The number of rotatable bonds is 2. The van der Waals surface area contributed by atoms with Crippen LogP contribution in [-0.2, 0) is 0 Å². The van der Waals surface area contributed by atoms with Gasteiger partial charge in [0, 0.05) is 0 Å². The van der Waals surface area contributed by atoms with Crippen molar-refractivity contribution in [2.75, 3.05) is 0 Å². The average molecular weight is 153 g/mol. The Morgan fingerprint density at radius 1 is 1.45 bits per heavy atom. The van der Waals surface area contributed by atoms with Crippen molar-refractivity contribution < 1.29 is 9.84 Å². The maximum atomic E-state index is 9.18. The van der Waals surface area contributed by atoms with E-state index < -0.39 is 6.23 Å². The van der Waals surface area contributed by atoms with Crippen molar-refractivity contribution in [3.8, 4) is 11.5 Å². The second kappa shape index (κ2) is 3.25. The average Bonchev–Trinajstić information content (AvgIpc) is 1.93. The van der Waals surface area contributed by atoms with Gasteiger partial charge >= 0.3 is 0 Å². The number of benzene rings is 1. The maximum absolute atomic E-state index is 9.18. The maximum Gasteiger partial charge on any atom is 0.163 e. The van der Waals surface area contributed by atoms with Crippen LogP contribution in [0.15, 0.2) is 24.3 Å². The highest BCUT2D eigenvalue weighted by Crippen LogP contribution is 2.24. The molecule has 3 N–H and O–H groups in total. The van der Waals surface area contributed by atoms with E-state index in [-0.39, 0.29) is 5.75 Å². The second-order valence-corrected chi connectivity index (χ2v) is 2.29. The molecule has 3 heteroatoms. The van der Waals surface area contributed by atoms with Gasteiger partial charge in [-0.25, -0.2) is 0 Å². The van der Waals surface area contributed by atoms with Gasteiger partial charge in [-0.3, -0.25) is 5.73 Å². The molecule has 3 nitrogen and oxygen atoms in total. The van der Waals surface area contributed by atoms with Crippen LogP contribution >= 0.6 is 0 Å². The molecule has 0 bridgehead atoms. The molecule has 1 aromatic rings. The van der Waals surface area contributed by atoms with Gasteiger partial charge in [-0.2, -0.15) is 0 Å². The summed E-state index contributed by atoms with van der Waals surface area (Å²) < 4.78 is 5.07. The molecule has 1 atom stereocenters. The summed E-state index contributed by atoms with van der Waals surface area (Å²) in [5.41, 5.74) is 5.36. The minimum absolute atomic E-state index is 0.116. The minimum atomic E-state index is -0.400. The van der Waals surface area contributed by atoms with Crippen LogP contribution in [-0.4, -0.2) is 11.3 Å². The second-order valence-electron chi connectivity index (χ2n) is 2.29. The Balaban J connectivity index is 2.78. The first-order valence-electron chi connectivity index (χ1n) is 3.40. The summed E-state index contributed by atoms with van der Waals surface area (Å²) in [6.45, 7) is 1.70. The highest BCUT2D eigenvalue weighted by molar-refractivity contribution is 5.37. The zero-order valence-corrected chi connectivity index (χ0v) is 6.32. The summed E-state index contributed by atoms with van der Waals surface area (Å²) in [7, 11) is 0. The van der Waals surface area contributed by atoms with Gasteiger partial charge in [0.1, 0.15) is 6.23 Å². The monoisotopic (exact) mass is 153 g/mol. The van der Waals surface area contributed by atoms with Crippen LogP contribution in [0.1, 0.15) is 6.92 Å². The Bertz CT molecular complexity index is 235. The molecule has 1 aromatic carbocycles. The summed E-state index contributed by atoms with van der Waals surface area (Å²) in [6.07, 6.45) is -0.400. The first kappa shape index (κ1) is 7.88. The molecule has 0 aliphatic heterocycles. The molecule has 1 rings (SSSR count). The number of nitrogens with two attached hydrogens (primary N) is 1. The molecule has 0 aromatic heterocycles. The predicted octanol–water partition coefficient (Wildman–Crippen LogP) is 1.08. The summed E-state index contributed by atoms with van der Waals surface area (Å²) in [6, 6.07) is 6.72. The number of para-hydroxylation sites is 2. The number of hydrogen-bond donors (Lipinski definition) is 2. The van der Waals surface area contributed by atoms with E-state index in [2.05, 4.69) is 0 Å². The molecule has 0 spiro atoms. The Hall–Kier alpha value is -1.22. The van der Waals surface area contributed by atoms with Crippen LogP contribution in [0, 0.1) is 0 Å². The Morgan fingerprint density at radius 2 is 2.09 bits per heavy atom. The predicted molar refractivity (Wildman–Crippen MR) is 42.4 cm³/mol. The lowest BCUT2D eigenvalue weighted by atomic mass is 10.3. The molecule has 0 unspecified atom stereocenters. The van der Waals surface area contributed by atoms with Crippen LogP contribution in [0.3, 0.4) is 0 Å². The lowest BCUT2D eigenvalue weighted by Gasteiger charge is -2.09. The molecular weight excluding hydrogens is 142 g/mol. The van der Waals surface area contributed by atoms with Gasteiger partial charge in [0.05, 0.1) is 0 Å². The number of phenols is 1. The van der Waals surface area contributed by atoms with Crippen LogP contribution in [0.4, 0.5) is 0 Å². The molecular formula is C8H11NO2. The van der Waals surface area contributed by atoms with Crippen LogP contribution in [0.25, 0.3) is 0 Å². The number of hydrogen-bond acceptors (Lipinski definition) is 3. The fourth-order valence-corrected chi connectivity index (χ4v) is 0.757. The van der Waals surface area contributed by atoms with Gasteiger partial charge in [-0.05, 0) is 19.1 Å². The van der Waals surface area contributed by atoms with E-state index in [1.807, 2.05) is 0 Å². The molecule has 11 heavy (non-hydrogen) atoms. The van der Waals surface area contributed by atoms with Gasteiger partial charge < -0.3 is 9.84 Å². The summed E-state index contributed by atoms with van der Waals surface area (Å²) in [4.78, 5) is 0. The fraction of sp³-hybridized carbons (Fsp3) is 0.250. The van der Waals surface area contributed by atoms with Crippen molar-refractivity contribution in [3.63, 3.8) is 0 Å². The molecule has 0 saturated heterocycles. The van der Waals surface area contributed by atoms with Crippen LogP contribution in [0.2, 0.25) is 0 Å². The third-order valence-electron chi connectivity index (χ3n) is 1.18. The van der Waals surface area contributed by atoms with Gasteiger partial charge in [0.15, 0.2) is 11.5 Å². The Morgan fingerprint density at radius 3 is 2.64 bits per heavy atom. The van der Waals surface area contributed by atoms with Gasteiger partial charge in [-0.1, -0.05) is 12.1 Å². The molecule has 0 saturated carbocycles. The molecule has 0 aliphatic carbocycles. The van der Waals surface area contributed by atoms with Crippen molar-refractivity contribution in [2.24, 2.45) is 5.73 Å². The van der Waals surface area contributed by atoms with E-state index in [1.165, 1.54) is 0 Å². The molecule has 0 fully saturated rings. The van der Waals surface area contributed by atoms with E-state index in [9.17, 15) is 5.11 Å². The number of aromatic hydroxyl groups is 1. The van der Waals surface area contributed by atoms with Crippen molar-refractivity contribution in [2.45, 2.75) is 13.2 Å². The molecule has 0 radical (unpaired) electrons. The SMILES string of the molecule is C[C@@H](N)Oc1ccccc1O. The normalized spacial score (nSPS) is 12.5. The van der Waals surface area contributed by atoms with E-state index in [1.54, 1.807) is 31.2 Å². The molecule has 60 valence electrons. The quantitative estimate of drug-likeness (QED) is 0.625. The highest BCUT2D eigenvalue weighted by Gasteiger charge is 2.01. The number of phenolic OH excluding ortho intramolecular Hbond substituents is 1. The lowest BCUT2D eigenvalue weighted by molar-refractivity contribution is 0.220. The summed E-state index contributed by atoms with van der Waals surface area (Å²) in [5, 5.41) is 9.18. The lowest BCUT2D eigenvalue weighted by Crippen LogP contribution is -2.22. The Labute approximate surface area is 65.4 Å². The van der Waals surface area contributed by atoms with Crippen LogP contribution < -0.4 is 10.5 Å². The molecule has 0 heterocycles. The Kier molecular flexibility index (Phi) is 2.33. The van der Waals surface area contributed by atoms with E-state index in [4.69, 9.17) is 10.5 Å². The fourth-order valence-electron chi connectivity index (χ4n) is 0.757. The zero-order chi connectivity index (χ0) is 8.27. The number of ether oxygens (including phenoxy) is 1. The molecule has 0 amide bonds. The smallest absolute Gasteiger partial charge is 0.163 e. The largest absolute Gasteiger partial charge is 0.504 e. The third kappa shape index (κ3) is 2.13. The zero-order valence-electron chi connectivity index (χ0n) is 6.32. The van der Waals surface area contributed by atoms with Crippen molar-refractivity contribution in [3.05, 3.63) is 24.3 Å². The van der Waals surface area contributed by atoms with E-state index in [0.717, 1.165) is 0 Å². The first-order chi connectivity index (χ1) is 5.20. The van der Waals surface area contributed by atoms with Gasteiger partial charge in [-0.15, -0.1) is 0 Å². The molecule has 0 aliphatic rings. The van der Waals surface area contributed by atoms with Gasteiger partial charge in [0.2, 0.25) is 0 Å². The summed E-state index contributed by atoms with van der Waals surface area (Å²) >= 11 is 0. The van der Waals surface area contributed by atoms with Crippen molar-refractivity contribution in [1.82, 2.24) is 0 Å². The third-order valence-corrected chi connectivity index (χ3v) is 1.18. The van der Waals surface area contributed by atoms with Gasteiger partial charge in [0.25, 0.3) is 0 Å².